The lowest BCUT2D eigenvalue weighted by atomic mass is 10.1. The maximum Gasteiger partial charge on any atom is 0.338 e. The van der Waals surface area contributed by atoms with Gasteiger partial charge in [0, 0.05) is 19.6 Å². The number of rotatable bonds is 3. The van der Waals surface area contributed by atoms with Crippen molar-refractivity contribution in [3.8, 4) is 0 Å². The lowest BCUT2D eigenvalue weighted by molar-refractivity contribution is -0.134. The van der Waals surface area contributed by atoms with E-state index in [-0.39, 0.29) is 24.5 Å². The third-order valence-corrected chi connectivity index (χ3v) is 5.89. The number of ether oxygens (including phenoxy) is 1. The Morgan fingerprint density at radius 1 is 1.04 bits per heavy atom. The predicted molar refractivity (Wildman–Crippen MR) is 105 cm³/mol. The summed E-state index contributed by atoms with van der Waals surface area (Å²) in [5, 5.41) is 2.89. The van der Waals surface area contributed by atoms with Gasteiger partial charge in [-0.05, 0) is 43.9 Å². The Bertz CT molecular complexity index is 771. The van der Waals surface area contributed by atoms with Crippen molar-refractivity contribution < 1.29 is 19.1 Å². The van der Waals surface area contributed by atoms with Gasteiger partial charge in [0.15, 0.2) is 6.61 Å². The summed E-state index contributed by atoms with van der Waals surface area (Å²) in [5.74, 6) is -0.704. The molecule has 2 fully saturated rings. The Kier molecular flexibility index (Phi) is 5.50. The summed E-state index contributed by atoms with van der Waals surface area (Å²) in [4.78, 5) is 40.9. The average Bonchev–Trinajstić information content (AvgIpc) is 3.16. The molecule has 0 unspecified atom stereocenters. The topological polar surface area (TPSA) is 79.0 Å². The van der Waals surface area contributed by atoms with Crippen LogP contribution in [0.5, 0.6) is 0 Å². The molecular weight excluding hydrogens is 358 g/mol. The molecule has 1 N–H and O–H groups in total. The monoisotopic (exact) mass is 385 g/mol. The number of nitrogens with zero attached hydrogens (tertiary/aromatic N) is 2. The van der Waals surface area contributed by atoms with Crippen LogP contribution < -0.4 is 10.2 Å². The van der Waals surface area contributed by atoms with Gasteiger partial charge >= 0.3 is 5.97 Å². The zero-order valence-electron chi connectivity index (χ0n) is 16.1. The van der Waals surface area contributed by atoms with Gasteiger partial charge in [0.2, 0.25) is 5.91 Å². The number of nitrogens with one attached hydrogen (secondary N) is 1. The third-order valence-electron chi connectivity index (χ3n) is 5.89. The smallest absolute Gasteiger partial charge is 0.338 e. The minimum atomic E-state index is -0.541. The molecule has 1 aromatic carbocycles. The Hall–Kier alpha value is -2.57. The normalized spacial score (nSPS) is 21.9. The Labute approximate surface area is 165 Å². The summed E-state index contributed by atoms with van der Waals surface area (Å²) in [6.07, 6.45) is 7.35. The number of carbonyl (C=O) groups excluding carboxylic acids is 3. The van der Waals surface area contributed by atoms with Crippen molar-refractivity contribution in [2.45, 2.75) is 51.0 Å². The number of hydrogen-bond donors (Lipinski definition) is 1. The zero-order chi connectivity index (χ0) is 19.5. The summed E-state index contributed by atoms with van der Waals surface area (Å²) in [6, 6.07) is 5.09. The first-order valence-corrected chi connectivity index (χ1v) is 10.3. The third kappa shape index (κ3) is 3.84. The van der Waals surface area contributed by atoms with E-state index in [2.05, 4.69) is 10.2 Å². The van der Waals surface area contributed by atoms with E-state index >= 15 is 0 Å². The summed E-state index contributed by atoms with van der Waals surface area (Å²) in [6.45, 7) is 2.08. The Morgan fingerprint density at radius 3 is 2.57 bits per heavy atom. The molecule has 3 aliphatic heterocycles. The van der Waals surface area contributed by atoms with E-state index in [1.54, 1.807) is 17.0 Å². The molecule has 0 aromatic heterocycles. The minimum Gasteiger partial charge on any atom is -0.452 e. The molecule has 2 saturated heterocycles. The van der Waals surface area contributed by atoms with E-state index in [1.807, 2.05) is 6.07 Å². The number of likely N-dealkylation sites (tertiary alicyclic amines) is 1. The Morgan fingerprint density at radius 2 is 1.79 bits per heavy atom. The summed E-state index contributed by atoms with van der Waals surface area (Å²) >= 11 is 0. The van der Waals surface area contributed by atoms with Gasteiger partial charge < -0.3 is 19.9 Å². The lowest BCUT2D eigenvalue weighted by Gasteiger charge is -2.33. The second kappa shape index (κ2) is 8.20. The molecule has 3 heterocycles. The molecule has 7 heteroatoms. The lowest BCUT2D eigenvalue weighted by Crippen LogP contribution is -2.43. The second-order valence-electron chi connectivity index (χ2n) is 7.80. The van der Waals surface area contributed by atoms with Crippen LogP contribution in [-0.2, 0) is 14.3 Å². The van der Waals surface area contributed by atoms with Gasteiger partial charge in [-0.15, -0.1) is 0 Å². The largest absolute Gasteiger partial charge is 0.452 e. The van der Waals surface area contributed by atoms with Crippen molar-refractivity contribution in [1.29, 1.82) is 0 Å². The molecule has 4 rings (SSSR count). The van der Waals surface area contributed by atoms with Crippen molar-refractivity contribution in [1.82, 2.24) is 4.90 Å². The molecule has 150 valence electrons. The van der Waals surface area contributed by atoms with Crippen LogP contribution in [0.1, 0.15) is 55.3 Å². The second-order valence-corrected chi connectivity index (χ2v) is 7.80. The van der Waals surface area contributed by atoms with Gasteiger partial charge in [0.1, 0.15) is 6.04 Å². The van der Waals surface area contributed by atoms with Crippen molar-refractivity contribution in [2.75, 3.05) is 36.5 Å². The number of hydrogen-bond acceptors (Lipinski definition) is 5. The van der Waals surface area contributed by atoms with Crippen molar-refractivity contribution in [3.63, 3.8) is 0 Å². The van der Waals surface area contributed by atoms with Crippen LogP contribution in [0.2, 0.25) is 0 Å². The molecule has 0 spiro atoms. The summed E-state index contributed by atoms with van der Waals surface area (Å²) in [7, 11) is 0. The maximum absolute atomic E-state index is 12.4. The first-order chi connectivity index (χ1) is 13.6. The van der Waals surface area contributed by atoms with Crippen LogP contribution in [0, 0.1) is 0 Å². The SMILES string of the molecule is O=C(OCC(=O)N1CCCCCCC1)c1ccc2c(c1)NC(=O)[C@H]1CCCN21. The number of fused-ring (bicyclic) bond motifs is 3. The molecule has 2 amide bonds. The molecule has 1 aromatic rings. The standard InChI is InChI=1S/C21H27N3O4/c25-19(23-10-4-2-1-3-5-11-23)14-28-21(27)15-8-9-17-16(13-15)22-20(26)18-7-6-12-24(17)18/h8-9,13,18H,1-7,10-12,14H2,(H,22,26)/t18-/m1/s1. The van der Waals surface area contributed by atoms with Gasteiger partial charge in [-0.1, -0.05) is 19.3 Å². The first-order valence-electron chi connectivity index (χ1n) is 10.3. The maximum atomic E-state index is 12.4. The molecule has 3 aliphatic rings. The highest BCUT2D eigenvalue weighted by atomic mass is 16.5. The van der Waals surface area contributed by atoms with Gasteiger partial charge in [0.05, 0.1) is 16.9 Å². The van der Waals surface area contributed by atoms with Crippen molar-refractivity contribution in [2.24, 2.45) is 0 Å². The summed E-state index contributed by atoms with van der Waals surface area (Å²) in [5.41, 5.74) is 1.92. The molecule has 0 aliphatic carbocycles. The van der Waals surface area contributed by atoms with E-state index in [1.165, 1.54) is 6.42 Å². The fourth-order valence-electron chi connectivity index (χ4n) is 4.36. The molecule has 1 atom stereocenters. The first kappa shape index (κ1) is 18.8. The van der Waals surface area contributed by atoms with Crippen LogP contribution in [0.25, 0.3) is 0 Å². The fraction of sp³-hybridized carbons (Fsp3) is 0.571. The zero-order valence-corrected chi connectivity index (χ0v) is 16.1. The van der Waals surface area contributed by atoms with Crippen LogP contribution >= 0.6 is 0 Å². The quantitative estimate of drug-likeness (QED) is 0.809. The highest BCUT2D eigenvalue weighted by Gasteiger charge is 2.36. The van der Waals surface area contributed by atoms with Crippen molar-refractivity contribution in [3.05, 3.63) is 23.8 Å². The fourth-order valence-corrected chi connectivity index (χ4v) is 4.36. The van der Waals surface area contributed by atoms with Crippen LogP contribution in [0.15, 0.2) is 18.2 Å². The van der Waals surface area contributed by atoms with Gasteiger partial charge in [-0.3, -0.25) is 9.59 Å². The van der Waals surface area contributed by atoms with E-state index < -0.39 is 5.97 Å². The predicted octanol–water partition coefficient (Wildman–Crippen LogP) is 2.56. The van der Waals surface area contributed by atoms with E-state index in [4.69, 9.17) is 4.74 Å². The molecule has 0 bridgehead atoms. The number of esters is 1. The van der Waals surface area contributed by atoms with Gasteiger partial charge in [0.25, 0.3) is 5.91 Å². The molecule has 28 heavy (non-hydrogen) atoms. The number of benzene rings is 1. The highest BCUT2D eigenvalue weighted by Crippen LogP contribution is 2.37. The average molecular weight is 385 g/mol. The van der Waals surface area contributed by atoms with Crippen LogP contribution in [0.4, 0.5) is 11.4 Å². The van der Waals surface area contributed by atoms with Gasteiger partial charge in [-0.25, -0.2) is 4.79 Å². The Balaban J connectivity index is 1.38. The highest BCUT2D eigenvalue weighted by molar-refractivity contribution is 6.05. The van der Waals surface area contributed by atoms with Crippen LogP contribution in [0.3, 0.4) is 0 Å². The minimum absolute atomic E-state index is 0.0252. The van der Waals surface area contributed by atoms with Gasteiger partial charge in [-0.2, -0.15) is 0 Å². The molecule has 7 nitrogen and oxygen atoms in total. The molecular formula is C21H27N3O4. The van der Waals surface area contributed by atoms with E-state index in [0.717, 1.165) is 63.8 Å². The van der Waals surface area contributed by atoms with Crippen LogP contribution in [-0.4, -0.2) is 55.0 Å². The number of carbonyl (C=O) groups is 3. The molecule has 0 radical (unpaired) electrons. The van der Waals surface area contributed by atoms with E-state index in [9.17, 15) is 14.4 Å². The summed E-state index contributed by atoms with van der Waals surface area (Å²) < 4.78 is 5.26. The molecule has 0 saturated carbocycles. The van der Waals surface area contributed by atoms with E-state index in [0.29, 0.717) is 11.3 Å². The van der Waals surface area contributed by atoms with Crippen molar-refractivity contribution >= 4 is 29.2 Å². The number of amides is 2. The number of anilines is 2.